The number of hydrogen-bond donors (Lipinski definition) is 0. The molecule has 1 aromatic carbocycles. The van der Waals surface area contributed by atoms with Crippen molar-refractivity contribution in [3.05, 3.63) is 34.9 Å². The molecule has 1 aromatic rings. The van der Waals surface area contributed by atoms with Gasteiger partial charge in [-0.15, -0.1) is 0 Å². The van der Waals surface area contributed by atoms with Crippen molar-refractivity contribution in [2.75, 3.05) is 7.05 Å². The van der Waals surface area contributed by atoms with Crippen LogP contribution in [0.15, 0.2) is 18.2 Å². The molecular weight excluding hydrogens is 238 g/mol. The summed E-state index contributed by atoms with van der Waals surface area (Å²) in [7, 11) is 1.65. The van der Waals surface area contributed by atoms with Crippen LogP contribution in [-0.4, -0.2) is 23.6 Å². The Labute approximate surface area is 115 Å². The maximum absolute atomic E-state index is 11.6. The average Bonchev–Trinajstić information content (AvgIpc) is 2.29. The van der Waals surface area contributed by atoms with E-state index < -0.39 is 11.7 Å². The summed E-state index contributed by atoms with van der Waals surface area (Å²) in [5.74, 6) is -0.870. The van der Waals surface area contributed by atoms with E-state index in [0.717, 1.165) is 11.1 Å². The van der Waals surface area contributed by atoms with Crippen LogP contribution in [-0.2, 0) is 21.5 Å². The second-order valence-electron chi connectivity index (χ2n) is 6.11. The molecule has 0 aliphatic rings. The molecule has 104 valence electrons. The summed E-state index contributed by atoms with van der Waals surface area (Å²) in [6.07, 6.45) is 0. The Morgan fingerprint density at radius 3 is 2.21 bits per heavy atom. The molecule has 0 radical (unpaired) electrons. The van der Waals surface area contributed by atoms with Gasteiger partial charge in [0.2, 0.25) is 5.78 Å². The topological polar surface area (TPSA) is 37.4 Å². The minimum Gasteiger partial charge on any atom is -0.335 e. The van der Waals surface area contributed by atoms with Gasteiger partial charge in [0.25, 0.3) is 5.91 Å². The van der Waals surface area contributed by atoms with Crippen molar-refractivity contribution in [3.8, 4) is 0 Å². The molecule has 19 heavy (non-hydrogen) atoms. The van der Waals surface area contributed by atoms with Gasteiger partial charge in [0, 0.05) is 20.5 Å². The van der Waals surface area contributed by atoms with E-state index in [1.54, 1.807) is 7.05 Å². The second kappa shape index (κ2) is 5.55. The zero-order valence-corrected chi connectivity index (χ0v) is 12.7. The highest BCUT2D eigenvalue weighted by Gasteiger charge is 2.17. The lowest BCUT2D eigenvalue weighted by molar-refractivity contribution is -0.143. The van der Waals surface area contributed by atoms with E-state index in [4.69, 9.17) is 0 Å². The molecule has 1 amide bonds. The number of aryl methyl sites for hydroxylation is 1. The standard InChI is InChI=1S/C16H23NO2/c1-11-9-14(16(3,4)5)8-7-13(11)10-17(6)15(19)12(2)18/h7-9H,10H2,1-6H3. The Hall–Kier alpha value is -1.64. The van der Waals surface area contributed by atoms with Crippen molar-refractivity contribution >= 4 is 11.7 Å². The number of amides is 1. The summed E-state index contributed by atoms with van der Waals surface area (Å²) in [6.45, 7) is 10.3. The monoisotopic (exact) mass is 261 g/mol. The highest BCUT2D eigenvalue weighted by Crippen LogP contribution is 2.24. The van der Waals surface area contributed by atoms with E-state index in [2.05, 4.69) is 32.9 Å². The van der Waals surface area contributed by atoms with E-state index in [9.17, 15) is 9.59 Å². The highest BCUT2D eigenvalue weighted by atomic mass is 16.2. The fourth-order valence-corrected chi connectivity index (χ4v) is 1.94. The van der Waals surface area contributed by atoms with Gasteiger partial charge >= 0.3 is 0 Å². The van der Waals surface area contributed by atoms with Crippen LogP contribution >= 0.6 is 0 Å². The van der Waals surface area contributed by atoms with E-state index in [0.29, 0.717) is 6.54 Å². The van der Waals surface area contributed by atoms with Crippen LogP contribution in [0, 0.1) is 6.92 Å². The lowest BCUT2D eigenvalue weighted by atomic mass is 9.85. The fourth-order valence-electron chi connectivity index (χ4n) is 1.94. The number of Topliss-reactive ketones (excluding diaryl/α,β-unsaturated/α-hetero) is 1. The Morgan fingerprint density at radius 1 is 1.21 bits per heavy atom. The van der Waals surface area contributed by atoms with Gasteiger partial charge in [0.1, 0.15) is 0 Å². The molecule has 1 rings (SSSR count). The lowest BCUT2D eigenvalue weighted by Crippen LogP contribution is -2.31. The van der Waals surface area contributed by atoms with Crippen molar-refractivity contribution in [2.24, 2.45) is 0 Å². The predicted octanol–water partition coefficient (Wildman–Crippen LogP) is 2.84. The first-order valence-electron chi connectivity index (χ1n) is 6.49. The largest absolute Gasteiger partial charge is 0.335 e. The maximum Gasteiger partial charge on any atom is 0.289 e. The van der Waals surface area contributed by atoms with Crippen LogP contribution in [0.1, 0.15) is 44.4 Å². The molecule has 0 unspecified atom stereocenters. The third-order valence-corrected chi connectivity index (χ3v) is 3.26. The molecule has 0 aliphatic heterocycles. The van der Waals surface area contributed by atoms with E-state index in [1.165, 1.54) is 17.4 Å². The van der Waals surface area contributed by atoms with Crippen LogP contribution in [0.3, 0.4) is 0 Å². The Balaban J connectivity index is 2.93. The van der Waals surface area contributed by atoms with E-state index in [1.807, 2.05) is 13.0 Å². The van der Waals surface area contributed by atoms with Gasteiger partial charge in [-0.25, -0.2) is 0 Å². The quantitative estimate of drug-likeness (QED) is 0.785. The Morgan fingerprint density at radius 2 is 1.79 bits per heavy atom. The molecule has 0 heterocycles. The van der Waals surface area contributed by atoms with Crippen molar-refractivity contribution in [2.45, 2.75) is 46.6 Å². The third kappa shape index (κ3) is 3.91. The summed E-state index contributed by atoms with van der Waals surface area (Å²) in [6, 6.07) is 6.29. The van der Waals surface area contributed by atoms with E-state index in [-0.39, 0.29) is 5.41 Å². The minimum atomic E-state index is -0.445. The molecule has 0 aliphatic carbocycles. The lowest BCUT2D eigenvalue weighted by Gasteiger charge is -2.22. The number of nitrogens with zero attached hydrogens (tertiary/aromatic N) is 1. The SMILES string of the molecule is CC(=O)C(=O)N(C)Cc1ccc(C(C)(C)C)cc1C. The van der Waals surface area contributed by atoms with Crippen molar-refractivity contribution in [3.63, 3.8) is 0 Å². The van der Waals surface area contributed by atoms with Crippen molar-refractivity contribution in [1.29, 1.82) is 0 Å². The fraction of sp³-hybridized carbons (Fsp3) is 0.500. The molecule has 0 fully saturated rings. The molecule has 0 aromatic heterocycles. The maximum atomic E-state index is 11.6. The summed E-state index contributed by atoms with van der Waals surface area (Å²) in [5, 5.41) is 0. The smallest absolute Gasteiger partial charge is 0.289 e. The number of likely N-dealkylation sites (N-methyl/N-ethyl adjacent to an activating group) is 1. The van der Waals surface area contributed by atoms with Crippen LogP contribution in [0.25, 0.3) is 0 Å². The van der Waals surface area contributed by atoms with Gasteiger partial charge in [0.05, 0.1) is 0 Å². The highest BCUT2D eigenvalue weighted by molar-refractivity contribution is 6.34. The Bertz CT molecular complexity index is 498. The molecule has 3 heteroatoms. The molecule has 0 atom stereocenters. The van der Waals surface area contributed by atoms with Crippen molar-refractivity contribution < 1.29 is 9.59 Å². The summed E-state index contributed by atoms with van der Waals surface area (Å²) in [5.41, 5.74) is 3.61. The first kappa shape index (κ1) is 15.4. The second-order valence-corrected chi connectivity index (χ2v) is 6.11. The summed E-state index contributed by atoms with van der Waals surface area (Å²) < 4.78 is 0. The van der Waals surface area contributed by atoms with Crippen LogP contribution in [0.2, 0.25) is 0 Å². The first-order chi connectivity index (χ1) is 8.62. The van der Waals surface area contributed by atoms with Gasteiger partial charge in [-0.05, 0) is 29.0 Å². The van der Waals surface area contributed by atoms with Crippen LogP contribution < -0.4 is 0 Å². The summed E-state index contributed by atoms with van der Waals surface area (Å²) in [4.78, 5) is 24.1. The van der Waals surface area contributed by atoms with Crippen LogP contribution in [0.5, 0.6) is 0 Å². The number of hydrogen-bond acceptors (Lipinski definition) is 2. The summed E-state index contributed by atoms with van der Waals surface area (Å²) >= 11 is 0. The predicted molar refractivity (Wildman–Crippen MR) is 77.0 cm³/mol. The van der Waals surface area contributed by atoms with Gasteiger partial charge < -0.3 is 4.90 Å². The number of carbonyl (C=O) groups excluding carboxylic acids is 2. The number of ketones is 1. The number of benzene rings is 1. The van der Waals surface area contributed by atoms with Gasteiger partial charge in [0.15, 0.2) is 0 Å². The first-order valence-corrected chi connectivity index (χ1v) is 6.49. The van der Waals surface area contributed by atoms with E-state index >= 15 is 0 Å². The molecule has 3 nitrogen and oxygen atoms in total. The normalized spacial score (nSPS) is 11.3. The Kier molecular flexibility index (Phi) is 4.51. The third-order valence-electron chi connectivity index (χ3n) is 3.26. The molecular formula is C16H23NO2. The molecule has 0 saturated carbocycles. The minimum absolute atomic E-state index is 0.115. The van der Waals surface area contributed by atoms with Gasteiger partial charge in [-0.2, -0.15) is 0 Å². The van der Waals surface area contributed by atoms with Crippen LogP contribution in [0.4, 0.5) is 0 Å². The molecule has 0 bridgehead atoms. The molecule has 0 saturated heterocycles. The molecule has 0 spiro atoms. The number of carbonyl (C=O) groups is 2. The zero-order valence-electron chi connectivity index (χ0n) is 12.7. The number of rotatable bonds is 3. The van der Waals surface area contributed by atoms with Gasteiger partial charge in [-0.1, -0.05) is 39.0 Å². The van der Waals surface area contributed by atoms with Crippen molar-refractivity contribution in [1.82, 2.24) is 4.90 Å². The molecule has 0 N–H and O–H groups in total. The average molecular weight is 261 g/mol. The zero-order chi connectivity index (χ0) is 14.8. The van der Waals surface area contributed by atoms with Gasteiger partial charge in [-0.3, -0.25) is 9.59 Å².